The van der Waals surface area contributed by atoms with Gasteiger partial charge in [0.2, 0.25) is 5.89 Å². The van der Waals surface area contributed by atoms with Gasteiger partial charge in [0.1, 0.15) is 24.8 Å². The van der Waals surface area contributed by atoms with Gasteiger partial charge < -0.3 is 13.7 Å². The molecule has 0 amide bonds. The van der Waals surface area contributed by atoms with Crippen molar-refractivity contribution in [3.05, 3.63) is 133 Å². The molecule has 0 saturated carbocycles. The third-order valence-corrected chi connectivity index (χ3v) is 12.6. The van der Waals surface area contributed by atoms with E-state index in [1.165, 1.54) is 32.3 Å². The second-order valence-corrected chi connectivity index (χ2v) is 16.3. The van der Waals surface area contributed by atoms with Crippen molar-refractivity contribution >= 4 is 68.5 Å². The van der Waals surface area contributed by atoms with Crippen LogP contribution in [-0.2, 0) is 0 Å². The molecule has 0 saturated heterocycles. The molecule has 6 aromatic carbocycles. The molecule has 0 radical (unpaired) electrons. The molecule has 3 heterocycles. The van der Waals surface area contributed by atoms with Crippen molar-refractivity contribution in [1.29, 1.82) is 0 Å². The zero-order valence-electron chi connectivity index (χ0n) is 24.4. The number of oxazole rings is 1. The van der Waals surface area contributed by atoms with Gasteiger partial charge in [0.15, 0.2) is 5.58 Å². The van der Waals surface area contributed by atoms with Crippen molar-refractivity contribution in [2.45, 2.75) is 13.1 Å². The summed E-state index contributed by atoms with van der Waals surface area (Å²) in [6, 6.07) is 46.9. The third-order valence-electron chi connectivity index (χ3n) is 9.11. The molecular formula is C39H28N2O2Si. The van der Waals surface area contributed by atoms with Crippen LogP contribution in [0.3, 0.4) is 0 Å². The minimum absolute atomic E-state index is 0.629. The Morgan fingerprint density at radius 1 is 0.568 bits per heavy atom. The van der Waals surface area contributed by atoms with E-state index in [1.807, 2.05) is 30.3 Å². The Hall–Kier alpha value is -5.39. The molecule has 0 N–H and O–H groups in total. The van der Waals surface area contributed by atoms with Gasteiger partial charge in [0, 0.05) is 39.0 Å². The molecular weight excluding hydrogens is 557 g/mol. The van der Waals surface area contributed by atoms with Gasteiger partial charge in [-0.1, -0.05) is 79.8 Å². The molecule has 210 valence electrons. The number of rotatable bonds is 4. The Bertz CT molecular complexity index is 2340. The molecule has 5 heteroatoms. The second kappa shape index (κ2) is 9.30. The quantitative estimate of drug-likeness (QED) is 0.193. The van der Waals surface area contributed by atoms with Gasteiger partial charge >= 0.3 is 0 Å². The van der Waals surface area contributed by atoms with Gasteiger partial charge in [-0.05, 0) is 82.7 Å². The smallest absolute Gasteiger partial charge is 0.227 e. The van der Waals surface area contributed by atoms with Crippen LogP contribution in [0.2, 0.25) is 13.1 Å². The molecule has 0 spiro atoms. The van der Waals surface area contributed by atoms with E-state index in [0.717, 1.165) is 44.9 Å². The van der Waals surface area contributed by atoms with Gasteiger partial charge in [-0.15, -0.1) is 0 Å². The standard InChI is InChI=1S/C39H28N2O2Si/c1-44(2)35-23-22-30-29-12-6-8-14-33(29)42-38(30)37(35)31-21-20-28(24-36(31)44)41(26-10-4-3-5-11-26)27-18-16-25(17-19-27)39-40-32-13-7-9-15-34(32)43-39/h3-24H,1-2H3. The summed E-state index contributed by atoms with van der Waals surface area (Å²) in [6.45, 7) is 4.91. The summed E-state index contributed by atoms with van der Waals surface area (Å²) in [7, 11) is -2.00. The number of benzene rings is 6. The lowest BCUT2D eigenvalue weighted by Crippen LogP contribution is -2.49. The summed E-state index contributed by atoms with van der Waals surface area (Å²) in [5.41, 5.74) is 10.4. The average Bonchev–Trinajstić information content (AvgIpc) is 3.73. The van der Waals surface area contributed by atoms with E-state index >= 15 is 0 Å². The molecule has 2 aromatic heterocycles. The van der Waals surface area contributed by atoms with Crippen LogP contribution in [0.25, 0.3) is 55.6 Å². The summed E-state index contributed by atoms with van der Waals surface area (Å²) in [6.07, 6.45) is 0. The molecule has 0 fully saturated rings. The Labute approximate surface area is 255 Å². The van der Waals surface area contributed by atoms with Gasteiger partial charge in [-0.2, -0.15) is 0 Å². The Balaban J connectivity index is 1.18. The monoisotopic (exact) mass is 584 g/mol. The summed E-state index contributed by atoms with van der Waals surface area (Å²) < 4.78 is 12.6. The predicted molar refractivity (Wildman–Crippen MR) is 184 cm³/mol. The van der Waals surface area contributed by atoms with Crippen molar-refractivity contribution in [2.75, 3.05) is 4.90 Å². The predicted octanol–water partition coefficient (Wildman–Crippen LogP) is 9.67. The van der Waals surface area contributed by atoms with E-state index in [-0.39, 0.29) is 0 Å². The molecule has 9 rings (SSSR count). The minimum Gasteiger partial charge on any atom is -0.455 e. The number of furan rings is 1. The second-order valence-electron chi connectivity index (χ2n) is 12.0. The largest absolute Gasteiger partial charge is 0.455 e. The fourth-order valence-corrected chi connectivity index (χ4v) is 9.96. The molecule has 4 nitrogen and oxygen atoms in total. The maximum atomic E-state index is 6.53. The third kappa shape index (κ3) is 3.66. The first-order valence-electron chi connectivity index (χ1n) is 15.0. The van der Waals surface area contributed by atoms with Crippen LogP contribution in [0.4, 0.5) is 17.1 Å². The van der Waals surface area contributed by atoms with E-state index in [2.05, 4.69) is 121 Å². The normalized spacial score (nSPS) is 13.4. The highest BCUT2D eigenvalue weighted by Crippen LogP contribution is 2.42. The minimum atomic E-state index is -2.00. The lowest BCUT2D eigenvalue weighted by Gasteiger charge is -2.27. The van der Waals surface area contributed by atoms with E-state index in [0.29, 0.717) is 5.89 Å². The number of nitrogens with zero attached hydrogens (tertiary/aromatic N) is 2. The topological polar surface area (TPSA) is 42.4 Å². The fourth-order valence-electron chi connectivity index (χ4n) is 6.90. The lowest BCUT2D eigenvalue weighted by atomic mass is 10.0. The average molecular weight is 585 g/mol. The summed E-state index contributed by atoms with van der Waals surface area (Å²) >= 11 is 0. The highest BCUT2D eigenvalue weighted by molar-refractivity contribution is 7.04. The van der Waals surface area contributed by atoms with Crippen LogP contribution in [-0.4, -0.2) is 13.1 Å². The molecule has 0 atom stereocenters. The molecule has 0 bridgehead atoms. The Morgan fingerprint density at radius 3 is 2.09 bits per heavy atom. The van der Waals surface area contributed by atoms with E-state index < -0.39 is 8.07 Å². The molecule has 1 aliphatic heterocycles. The summed E-state index contributed by atoms with van der Waals surface area (Å²) in [4.78, 5) is 7.03. The van der Waals surface area contributed by atoms with E-state index in [4.69, 9.17) is 13.8 Å². The SMILES string of the molecule is C[Si]1(C)c2cc(N(c3ccccc3)c3ccc(-c4nc5ccccc5o4)cc3)ccc2-c2c1ccc1c2oc2ccccc21. The number of fused-ring (bicyclic) bond motifs is 8. The van der Waals surface area contributed by atoms with Crippen LogP contribution in [0.5, 0.6) is 0 Å². The van der Waals surface area contributed by atoms with Crippen LogP contribution in [0.15, 0.2) is 142 Å². The van der Waals surface area contributed by atoms with Gasteiger partial charge in [-0.25, -0.2) is 4.98 Å². The molecule has 1 aliphatic rings. The fraction of sp³-hybridized carbons (Fsp3) is 0.0513. The maximum absolute atomic E-state index is 6.53. The number of aromatic nitrogens is 1. The molecule has 0 aliphatic carbocycles. The van der Waals surface area contributed by atoms with Crippen LogP contribution < -0.4 is 15.3 Å². The molecule has 0 unspecified atom stereocenters. The van der Waals surface area contributed by atoms with Crippen LogP contribution >= 0.6 is 0 Å². The summed E-state index contributed by atoms with van der Waals surface area (Å²) in [5.74, 6) is 0.629. The zero-order chi connectivity index (χ0) is 29.4. The van der Waals surface area contributed by atoms with Gasteiger partial charge in [0.25, 0.3) is 0 Å². The van der Waals surface area contributed by atoms with Gasteiger partial charge in [-0.3, -0.25) is 0 Å². The highest BCUT2D eigenvalue weighted by atomic mass is 28.3. The number of para-hydroxylation sites is 4. The summed E-state index contributed by atoms with van der Waals surface area (Å²) in [5, 5.41) is 5.23. The Morgan fingerprint density at radius 2 is 1.27 bits per heavy atom. The van der Waals surface area contributed by atoms with Gasteiger partial charge in [0.05, 0.1) is 0 Å². The van der Waals surface area contributed by atoms with Crippen molar-refractivity contribution in [3.8, 4) is 22.6 Å². The molecule has 44 heavy (non-hydrogen) atoms. The maximum Gasteiger partial charge on any atom is 0.227 e. The Kier molecular flexibility index (Phi) is 5.31. The van der Waals surface area contributed by atoms with Crippen LogP contribution in [0.1, 0.15) is 0 Å². The highest BCUT2D eigenvalue weighted by Gasteiger charge is 2.40. The number of anilines is 3. The first kappa shape index (κ1) is 25.1. The first-order valence-corrected chi connectivity index (χ1v) is 18.0. The first-order chi connectivity index (χ1) is 21.6. The van der Waals surface area contributed by atoms with E-state index in [1.54, 1.807) is 0 Å². The van der Waals surface area contributed by atoms with Crippen molar-refractivity contribution < 1.29 is 8.83 Å². The van der Waals surface area contributed by atoms with Crippen molar-refractivity contribution in [1.82, 2.24) is 4.98 Å². The van der Waals surface area contributed by atoms with Crippen molar-refractivity contribution in [2.24, 2.45) is 0 Å². The number of hydrogen-bond acceptors (Lipinski definition) is 4. The van der Waals surface area contributed by atoms with E-state index in [9.17, 15) is 0 Å². The van der Waals surface area contributed by atoms with Crippen molar-refractivity contribution in [3.63, 3.8) is 0 Å². The molecule has 8 aromatic rings. The van der Waals surface area contributed by atoms with Crippen LogP contribution in [0, 0.1) is 0 Å². The lowest BCUT2D eigenvalue weighted by molar-refractivity contribution is 0.620. The number of hydrogen-bond donors (Lipinski definition) is 0. The zero-order valence-corrected chi connectivity index (χ0v) is 25.4.